The van der Waals surface area contributed by atoms with Crippen molar-refractivity contribution in [3.05, 3.63) is 28.3 Å². The smallest absolute Gasteiger partial charge is 0.323 e. The van der Waals surface area contributed by atoms with Gasteiger partial charge < -0.3 is 10.0 Å². The van der Waals surface area contributed by atoms with E-state index >= 15 is 0 Å². The number of carboxylic acids is 1. The lowest BCUT2D eigenvalue weighted by Gasteiger charge is -2.20. The van der Waals surface area contributed by atoms with Gasteiger partial charge in [0, 0.05) is 6.26 Å². The number of hydrogen-bond donors (Lipinski definition) is 1. The van der Waals surface area contributed by atoms with E-state index in [1.54, 1.807) is 0 Å². The van der Waals surface area contributed by atoms with Crippen molar-refractivity contribution in [2.45, 2.75) is 4.90 Å². The molecule has 0 aromatic heterocycles. The first-order valence-electron chi connectivity index (χ1n) is 5.56. The molecule has 0 saturated carbocycles. The summed E-state index contributed by atoms with van der Waals surface area (Å²) < 4.78 is 23.3. The Bertz CT molecular complexity index is 720. The molecule has 0 amide bonds. The maximum absolute atomic E-state index is 11.6. The van der Waals surface area contributed by atoms with Crippen LogP contribution in [0, 0.1) is 22.5 Å². The van der Waals surface area contributed by atoms with Gasteiger partial charge in [0.1, 0.15) is 17.1 Å². The van der Waals surface area contributed by atoms with Gasteiger partial charge in [-0.25, -0.2) is 8.42 Å². The fraction of sp³-hybridized carbons (Fsp3) is 0.250. The number of carbonyl (C=O) groups is 1. The summed E-state index contributed by atoms with van der Waals surface area (Å²) in [4.78, 5) is 21.7. The van der Waals surface area contributed by atoms with Gasteiger partial charge in [0.2, 0.25) is 0 Å². The minimum atomic E-state index is -3.85. The number of nitrogens with zero attached hydrogens (tertiary/aromatic N) is 2. The standard InChI is InChI=1S/C12H12N2O6S/c1-3-7-13(8-11(15)16)9-5-4-6-10(21(2,19)20)12(9)14(17)18/h1,4-6H,7-8H2,2H3,(H,15,16). The molecule has 112 valence electrons. The van der Waals surface area contributed by atoms with Gasteiger partial charge in [0.15, 0.2) is 9.84 Å². The van der Waals surface area contributed by atoms with Crippen molar-refractivity contribution < 1.29 is 23.2 Å². The van der Waals surface area contributed by atoms with Crippen molar-refractivity contribution in [2.75, 3.05) is 24.2 Å². The number of nitro benzene ring substituents is 1. The topological polar surface area (TPSA) is 118 Å². The van der Waals surface area contributed by atoms with Gasteiger partial charge in [-0.3, -0.25) is 14.9 Å². The SMILES string of the molecule is C#CCN(CC(=O)O)c1cccc(S(C)(=O)=O)c1[N+](=O)[O-]. The Kier molecular flexibility index (Phi) is 4.88. The van der Waals surface area contributed by atoms with Gasteiger partial charge in [-0.2, -0.15) is 0 Å². The highest BCUT2D eigenvalue weighted by Gasteiger charge is 2.29. The van der Waals surface area contributed by atoms with E-state index in [-0.39, 0.29) is 12.2 Å². The summed E-state index contributed by atoms with van der Waals surface area (Å²) in [6.07, 6.45) is 5.95. The van der Waals surface area contributed by atoms with Crippen molar-refractivity contribution in [3.8, 4) is 12.3 Å². The number of aliphatic carboxylic acids is 1. The summed E-state index contributed by atoms with van der Waals surface area (Å²) >= 11 is 0. The highest BCUT2D eigenvalue weighted by atomic mass is 32.2. The summed E-state index contributed by atoms with van der Waals surface area (Å²) in [5.74, 6) is 0.941. The molecule has 0 spiro atoms. The van der Waals surface area contributed by atoms with Gasteiger partial charge in [0.25, 0.3) is 0 Å². The molecule has 0 radical (unpaired) electrons. The minimum absolute atomic E-state index is 0.150. The van der Waals surface area contributed by atoms with Crippen molar-refractivity contribution in [2.24, 2.45) is 0 Å². The minimum Gasteiger partial charge on any atom is -0.480 e. The lowest BCUT2D eigenvalue weighted by Crippen LogP contribution is -2.30. The number of terminal acetylenes is 1. The third kappa shape index (κ3) is 3.93. The molecule has 1 N–H and O–H groups in total. The number of rotatable bonds is 6. The number of nitro groups is 1. The quantitative estimate of drug-likeness (QED) is 0.462. The van der Waals surface area contributed by atoms with Crippen LogP contribution in [-0.2, 0) is 14.6 Å². The molecular formula is C12H12N2O6S. The molecule has 0 heterocycles. The number of sulfone groups is 1. The first-order valence-corrected chi connectivity index (χ1v) is 7.45. The second-order valence-corrected chi connectivity index (χ2v) is 6.09. The summed E-state index contributed by atoms with van der Waals surface area (Å²) in [5, 5.41) is 20.0. The van der Waals surface area contributed by atoms with Crippen LogP contribution in [-0.4, -0.2) is 43.8 Å². The molecule has 0 aliphatic rings. The molecule has 0 atom stereocenters. The molecule has 0 aliphatic heterocycles. The van der Waals surface area contributed by atoms with Crippen LogP contribution in [0.4, 0.5) is 11.4 Å². The average Bonchev–Trinajstić information content (AvgIpc) is 2.35. The Hall–Kier alpha value is -2.60. The first-order chi connectivity index (χ1) is 9.68. The molecule has 0 saturated heterocycles. The van der Waals surface area contributed by atoms with Crippen molar-refractivity contribution in [1.82, 2.24) is 0 Å². The summed E-state index contributed by atoms with van der Waals surface area (Å²) in [6, 6.07) is 3.64. The maximum Gasteiger partial charge on any atom is 0.323 e. The molecule has 1 aromatic carbocycles. The number of anilines is 1. The van der Waals surface area contributed by atoms with Crippen LogP contribution in [0.15, 0.2) is 23.1 Å². The van der Waals surface area contributed by atoms with E-state index in [2.05, 4.69) is 5.92 Å². The number of carboxylic acid groups (broad SMARTS) is 1. The zero-order chi connectivity index (χ0) is 16.2. The fourth-order valence-electron chi connectivity index (χ4n) is 1.75. The predicted molar refractivity (Wildman–Crippen MR) is 74.9 cm³/mol. The third-order valence-electron chi connectivity index (χ3n) is 2.51. The van der Waals surface area contributed by atoms with Crippen molar-refractivity contribution >= 4 is 27.2 Å². The first kappa shape index (κ1) is 16.5. The van der Waals surface area contributed by atoms with Gasteiger partial charge in [-0.1, -0.05) is 12.0 Å². The highest BCUT2D eigenvalue weighted by molar-refractivity contribution is 7.90. The Morgan fingerprint density at radius 1 is 1.52 bits per heavy atom. The maximum atomic E-state index is 11.6. The average molecular weight is 312 g/mol. The molecule has 21 heavy (non-hydrogen) atoms. The Balaban J connectivity index is 3.58. The van der Waals surface area contributed by atoms with Crippen LogP contribution in [0.3, 0.4) is 0 Å². The van der Waals surface area contributed by atoms with Gasteiger partial charge in [-0.05, 0) is 12.1 Å². The summed E-state index contributed by atoms with van der Waals surface area (Å²) in [7, 11) is -3.85. The Labute approximate surface area is 121 Å². The van der Waals surface area contributed by atoms with E-state index in [4.69, 9.17) is 11.5 Å². The molecule has 1 rings (SSSR count). The van der Waals surface area contributed by atoms with E-state index in [1.807, 2.05) is 0 Å². The molecule has 0 unspecified atom stereocenters. The monoisotopic (exact) mass is 312 g/mol. The number of para-hydroxylation sites is 1. The molecule has 0 aliphatic carbocycles. The lowest BCUT2D eigenvalue weighted by atomic mass is 10.2. The second kappa shape index (κ2) is 6.23. The zero-order valence-electron chi connectivity index (χ0n) is 11.0. The largest absolute Gasteiger partial charge is 0.480 e. The Morgan fingerprint density at radius 2 is 2.14 bits per heavy atom. The second-order valence-electron chi connectivity index (χ2n) is 4.11. The van der Waals surface area contributed by atoms with Gasteiger partial charge >= 0.3 is 11.7 Å². The number of hydrogen-bond acceptors (Lipinski definition) is 6. The van der Waals surface area contributed by atoms with Gasteiger partial charge in [-0.15, -0.1) is 6.42 Å². The fourth-order valence-corrected chi connectivity index (χ4v) is 2.60. The van der Waals surface area contributed by atoms with Crippen molar-refractivity contribution in [3.63, 3.8) is 0 Å². The molecule has 0 bridgehead atoms. The van der Waals surface area contributed by atoms with E-state index in [0.29, 0.717) is 0 Å². The van der Waals surface area contributed by atoms with Crippen LogP contribution in [0.2, 0.25) is 0 Å². The molecule has 9 heteroatoms. The van der Waals surface area contributed by atoms with Crippen molar-refractivity contribution in [1.29, 1.82) is 0 Å². The van der Waals surface area contributed by atoms with E-state index < -0.39 is 37.9 Å². The predicted octanol–water partition coefficient (Wildman–Crippen LogP) is 0.523. The zero-order valence-corrected chi connectivity index (χ0v) is 11.8. The number of benzene rings is 1. The summed E-state index contributed by atoms with van der Waals surface area (Å²) in [5.41, 5.74) is -0.834. The van der Waals surface area contributed by atoms with E-state index in [0.717, 1.165) is 17.2 Å². The highest BCUT2D eigenvalue weighted by Crippen LogP contribution is 2.34. The van der Waals surface area contributed by atoms with Crippen LogP contribution in [0.25, 0.3) is 0 Å². The molecule has 8 nitrogen and oxygen atoms in total. The molecular weight excluding hydrogens is 300 g/mol. The molecule has 1 aromatic rings. The van der Waals surface area contributed by atoms with Crippen LogP contribution >= 0.6 is 0 Å². The van der Waals surface area contributed by atoms with Crippen LogP contribution in [0.5, 0.6) is 0 Å². The normalized spacial score (nSPS) is 10.7. The lowest BCUT2D eigenvalue weighted by molar-refractivity contribution is -0.387. The van der Waals surface area contributed by atoms with Gasteiger partial charge in [0.05, 0.1) is 11.5 Å². The summed E-state index contributed by atoms with van der Waals surface area (Å²) in [6.45, 7) is -0.793. The van der Waals surface area contributed by atoms with E-state index in [1.165, 1.54) is 12.1 Å². The van der Waals surface area contributed by atoms with Crippen LogP contribution in [0.1, 0.15) is 0 Å². The van der Waals surface area contributed by atoms with Crippen LogP contribution < -0.4 is 4.90 Å². The molecule has 0 fully saturated rings. The van der Waals surface area contributed by atoms with E-state index in [9.17, 15) is 23.3 Å². The Morgan fingerprint density at radius 3 is 2.57 bits per heavy atom. The third-order valence-corrected chi connectivity index (χ3v) is 3.64.